The van der Waals surface area contributed by atoms with Gasteiger partial charge in [0.15, 0.2) is 5.13 Å². The molecule has 1 aromatic heterocycles. The number of morpholine rings is 1. The molecule has 1 aliphatic heterocycles. The summed E-state index contributed by atoms with van der Waals surface area (Å²) in [7, 11) is 0. The lowest BCUT2D eigenvalue weighted by molar-refractivity contribution is 0.122. The van der Waals surface area contributed by atoms with Gasteiger partial charge in [-0.15, -0.1) is 11.3 Å². The summed E-state index contributed by atoms with van der Waals surface area (Å²) in [4.78, 5) is 7.01. The van der Waals surface area contributed by atoms with E-state index in [-0.39, 0.29) is 0 Å². The van der Waals surface area contributed by atoms with Gasteiger partial charge in [-0.3, -0.25) is 0 Å². The molecule has 0 bridgehead atoms. The number of aromatic nitrogens is 1. The van der Waals surface area contributed by atoms with Crippen molar-refractivity contribution in [1.29, 1.82) is 0 Å². The largest absolute Gasteiger partial charge is 0.378 e. The van der Waals surface area contributed by atoms with Gasteiger partial charge in [-0.2, -0.15) is 0 Å². The van der Waals surface area contributed by atoms with Gasteiger partial charge in [-0.1, -0.05) is 18.2 Å². The molecule has 0 unspecified atom stereocenters. The van der Waals surface area contributed by atoms with E-state index in [2.05, 4.69) is 22.4 Å². The number of rotatable bonds is 3. The number of hydrogen-bond acceptors (Lipinski definition) is 5. The average molecular weight is 275 g/mol. The third kappa shape index (κ3) is 2.78. The van der Waals surface area contributed by atoms with Crippen molar-refractivity contribution in [3.05, 3.63) is 35.2 Å². The van der Waals surface area contributed by atoms with Crippen LogP contribution in [0.15, 0.2) is 29.6 Å². The predicted molar refractivity (Wildman–Crippen MR) is 78.5 cm³/mol. The molecule has 0 spiro atoms. The molecule has 0 amide bonds. The second kappa shape index (κ2) is 5.69. The minimum absolute atomic E-state index is 0.564. The molecular weight excluding hydrogens is 258 g/mol. The fourth-order valence-electron chi connectivity index (χ4n) is 2.15. The summed E-state index contributed by atoms with van der Waals surface area (Å²) in [6.07, 6.45) is 0. The molecule has 0 atom stereocenters. The van der Waals surface area contributed by atoms with Crippen LogP contribution in [0.4, 0.5) is 5.13 Å². The molecule has 1 saturated heterocycles. The Morgan fingerprint density at radius 1 is 1.32 bits per heavy atom. The fraction of sp³-hybridized carbons (Fsp3) is 0.357. The smallest absolute Gasteiger partial charge is 0.186 e. The quantitative estimate of drug-likeness (QED) is 0.932. The van der Waals surface area contributed by atoms with Crippen LogP contribution in [-0.2, 0) is 11.3 Å². The summed E-state index contributed by atoms with van der Waals surface area (Å²) >= 11 is 1.69. The van der Waals surface area contributed by atoms with Gasteiger partial charge in [-0.05, 0) is 11.6 Å². The minimum Gasteiger partial charge on any atom is -0.378 e. The van der Waals surface area contributed by atoms with Crippen LogP contribution in [0.25, 0.3) is 11.3 Å². The van der Waals surface area contributed by atoms with Crippen molar-refractivity contribution in [3.8, 4) is 11.3 Å². The van der Waals surface area contributed by atoms with E-state index in [1.54, 1.807) is 11.3 Å². The Morgan fingerprint density at radius 2 is 2.16 bits per heavy atom. The number of thiazole rings is 1. The van der Waals surface area contributed by atoms with Crippen LogP contribution in [0.3, 0.4) is 0 Å². The molecule has 2 heterocycles. The molecule has 100 valence electrons. The van der Waals surface area contributed by atoms with E-state index in [9.17, 15) is 0 Å². The van der Waals surface area contributed by atoms with Crippen molar-refractivity contribution in [2.45, 2.75) is 6.54 Å². The third-order valence-electron chi connectivity index (χ3n) is 3.23. The van der Waals surface area contributed by atoms with Crippen molar-refractivity contribution >= 4 is 16.5 Å². The van der Waals surface area contributed by atoms with Crippen molar-refractivity contribution in [3.63, 3.8) is 0 Å². The summed E-state index contributed by atoms with van der Waals surface area (Å²) in [6.45, 7) is 4.00. The first kappa shape index (κ1) is 12.6. The first-order valence-corrected chi connectivity index (χ1v) is 7.32. The van der Waals surface area contributed by atoms with Crippen LogP contribution in [0.2, 0.25) is 0 Å². The van der Waals surface area contributed by atoms with Gasteiger partial charge in [0.25, 0.3) is 0 Å². The standard InChI is InChI=1S/C14H17N3OS/c15-9-11-2-1-3-12(8-11)13-10-19-14(16-13)17-4-6-18-7-5-17/h1-3,8,10H,4-7,9,15H2. The average Bonchev–Trinajstić information content (AvgIpc) is 2.98. The molecule has 4 nitrogen and oxygen atoms in total. The van der Waals surface area contributed by atoms with E-state index in [4.69, 9.17) is 15.5 Å². The van der Waals surface area contributed by atoms with E-state index in [1.807, 2.05) is 12.1 Å². The van der Waals surface area contributed by atoms with Gasteiger partial charge < -0.3 is 15.4 Å². The van der Waals surface area contributed by atoms with Gasteiger partial charge in [0.05, 0.1) is 18.9 Å². The van der Waals surface area contributed by atoms with Gasteiger partial charge >= 0.3 is 0 Å². The number of hydrogen-bond donors (Lipinski definition) is 1. The van der Waals surface area contributed by atoms with Crippen molar-refractivity contribution in [2.75, 3.05) is 31.2 Å². The van der Waals surface area contributed by atoms with Gasteiger partial charge in [0.2, 0.25) is 0 Å². The van der Waals surface area contributed by atoms with E-state index in [1.165, 1.54) is 0 Å². The molecule has 3 rings (SSSR count). The number of ether oxygens (including phenoxy) is 1. The molecular formula is C14H17N3OS. The molecule has 1 fully saturated rings. The molecule has 0 aliphatic carbocycles. The highest BCUT2D eigenvalue weighted by molar-refractivity contribution is 7.14. The normalized spacial score (nSPS) is 15.7. The molecule has 1 aliphatic rings. The van der Waals surface area contributed by atoms with E-state index in [0.29, 0.717) is 6.54 Å². The lowest BCUT2D eigenvalue weighted by Gasteiger charge is -2.26. The molecule has 5 heteroatoms. The Morgan fingerprint density at radius 3 is 2.95 bits per heavy atom. The molecule has 0 radical (unpaired) electrons. The van der Waals surface area contributed by atoms with E-state index < -0.39 is 0 Å². The van der Waals surface area contributed by atoms with Gasteiger partial charge in [0.1, 0.15) is 0 Å². The number of nitrogens with two attached hydrogens (primary N) is 1. The highest BCUT2D eigenvalue weighted by atomic mass is 32.1. The van der Waals surface area contributed by atoms with Crippen LogP contribution in [0.5, 0.6) is 0 Å². The Bertz CT molecular complexity index is 549. The Labute approximate surface area is 116 Å². The topological polar surface area (TPSA) is 51.4 Å². The molecule has 19 heavy (non-hydrogen) atoms. The summed E-state index contributed by atoms with van der Waals surface area (Å²) in [5, 5.41) is 3.19. The zero-order valence-corrected chi connectivity index (χ0v) is 11.5. The summed E-state index contributed by atoms with van der Waals surface area (Å²) in [5.74, 6) is 0. The summed E-state index contributed by atoms with van der Waals surface area (Å²) < 4.78 is 5.36. The monoisotopic (exact) mass is 275 g/mol. The Hall–Kier alpha value is -1.43. The van der Waals surface area contributed by atoms with E-state index in [0.717, 1.165) is 48.3 Å². The van der Waals surface area contributed by atoms with Crippen LogP contribution >= 0.6 is 11.3 Å². The maximum Gasteiger partial charge on any atom is 0.186 e. The number of benzene rings is 1. The van der Waals surface area contributed by atoms with Crippen molar-refractivity contribution in [2.24, 2.45) is 5.73 Å². The maximum absolute atomic E-state index is 5.68. The van der Waals surface area contributed by atoms with Crippen LogP contribution in [0.1, 0.15) is 5.56 Å². The maximum atomic E-state index is 5.68. The van der Waals surface area contributed by atoms with Crippen LogP contribution in [-0.4, -0.2) is 31.3 Å². The fourth-order valence-corrected chi connectivity index (χ4v) is 3.04. The van der Waals surface area contributed by atoms with Crippen LogP contribution in [0, 0.1) is 0 Å². The highest BCUT2D eigenvalue weighted by Gasteiger charge is 2.15. The second-order valence-electron chi connectivity index (χ2n) is 4.52. The van der Waals surface area contributed by atoms with Crippen molar-refractivity contribution in [1.82, 2.24) is 4.98 Å². The summed E-state index contributed by atoms with van der Waals surface area (Å²) in [6, 6.07) is 8.26. The van der Waals surface area contributed by atoms with Gasteiger partial charge in [-0.25, -0.2) is 4.98 Å². The lowest BCUT2D eigenvalue weighted by atomic mass is 10.1. The lowest BCUT2D eigenvalue weighted by Crippen LogP contribution is -2.36. The SMILES string of the molecule is NCc1cccc(-c2csc(N3CCOCC3)n2)c1. The molecule has 2 N–H and O–H groups in total. The number of anilines is 1. The Kier molecular flexibility index (Phi) is 3.77. The predicted octanol–water partition coefficient (Wildman–Crippen LogP) is 2.11. The Balaban J connectivity index is 1.83. The molecule has 0 saturated carbocycles. The summed E-state index contributed by atoms with van der Waals surface area (Å²) in [5.41, 5.74) is 8.98. The highest BCUT2D eigenvalue weighted by Crippen LogP contribution is 2.28. The number of nitrogens with zero attached hydrogens (tertiary/aromatic N) is 2. The zero-order valence-electron chi connectivity index (χ0n) is 10.7. The molecule has 1 aromatic carbocycles. The minimum atomic E-state index is 0.564. The molecule has 2 aromatic rings. The van der Waals surface area contributed by atoms with Crippen molar-refractivity contribution < 1.29 is 4.74 Å². The first-order chi connectivity index (χ1) is 9.36. The zero-order chi connectivity index (χ0) is 13.1. The van der Waals surface area contributed by atoms with E-state index >= 15 is 0 Å². The van der Waals surface area contributed by atoms with Crippen LogP contribution < -0.4 is 10.6 Å². The first-order valence-electron chi connectivity index (χ1n) is 6.44. The third-order valence-corrected chi connectivity index (χ3v) is 4.13. The second-order valence-corrected chi connectivity index (χ2v) is 5.36. The van der Waals surface area contributed by atoms with Gasteiger partial charge in [0, 0.05) is 30.6 Å².